The Bertz CT molecular complexity index is 3690. The van der Waals surface area contributed by atoms with Crippen LogP contribution in [0.2, 0.25) is 10.0 Å². The first kappa shape index (κ1) is 62.8. The van der Waals surface area contributed by atoms with E-state index in [4.69, 9.17) is 47.9 Å². The van der Waals surface area contributed by atoms with E-state index in [1.165, 1.54) is 138 Å². The molecule has 0 radical (unpaired) electrons. The number of methoxy groups -OCH3 is 4. The molecule has 4 heterocycles. The number of halogens is 4. The van der Waals surface area contributed by atoms with Crippen molar-refractivity contribution in [3.05, 3.63) is 130 Å². The zero-order valence-corrected chi connectivity index (χ0v) is 49.0. The Morgan fingerprint density at radius 2 is 1.01 bits per heavy atom. The average Bonchev–Trinajstić information content (AvgIpc) is 4.09. The number of anilines is 7. The maximum absolute atomic E-state index is 13.6. The summed E-state index contributed by atoms with van der Waals surface area (Å²) in [6, 6.07) is 25.1. The Morgan fingerprint density at radius 3 is 1.41 bits per heavy atom. The molecule has 0 bridgehead atoms. The topological polar surface area (TPSA) is 273 Å². The number of thiazole rings is 2. The highest BCUT2D eigenvalue weighted by Gasteiger charge is 2.26. The molecule has 0 fully saturated rings. The first-order chi connectivity index (χ1) is 38.4. The van der Waals surface area contributed by atoms with Crippen molar-refractivity contribution < 1.29 is 44.6 Å². The highest BCUT2D eigenvalue weighted by Crippen LogP contribution is 2.38. The molecule has 80 heavy (non-hydrogen) atoms. The minimum atomic E-state index is -3.75. The largest absolute Gasteiger partial charge is 0.399 e. The van der Waals surface area contributed by atoms with Crippen LogP contribution in [0.25, 0.3) is 20.7 Å². The van der Waals surface area contributed by atoms with Crippen LogP contribution >= 0.6 is 57.6 Å². The second kappa shape index (κ2) is 29.9. The van der Waals surface area contributed by atoms with Gasteiger partial charge in [0.15, 0.2) is 20.8 Å². The Kier molecular flexibility index (Phi) is 23.4. The number of nitrogens with zero attached hydrogens (tertiary/aromatic N) is 8. The van der Waals surface area contributed by atoms with E-state index in [2.05, 4.69) is 48.0 Å². The van der Waals surface area contributed by atoms with Crippen molar-refractivity contribution in [3.63, 3.8) is 0 Å². The highest BCUT2D eigenvalue weighted by atomic mass is 35.5. The van der Waals surface area contributed by atoms with E-state index in [0.717, 1.165) is 9.04 Å². The predicted molar refractivity (Wildman–Crippen MR) is 311 cm³/mol. The van der Waals surface area contributed by atoms with E-state index in [9.17, 15) is 36.1 Å². The van der Waals surface area contributed by atoms with E-state index in [0.29, 0.717) is 74.0 Å². The van der Waals surface area contributed by atoms with Crippen LogP contribution in [-0.2, 0) is 39.0 Å². The van der Waals surface area contributed by atoms with Gasteiger partial charge in [-0.25, -0.2) is 40.6 Å². The number of aromatic nitrogens is 4. The molecular weight excluding hydrogens is 1180 g/mol. The zero-order chi connectivity index (χ0) is 58.0. The van der Waals surface area contributed by atoms with Crippen LogP contribution in [-0.4, -0.2) is 133 Å². The number of hydrogen-bond donors (Lipinski definition) is 4. The van der Waals surface area contributed by atoms with Gasteiger partial charge in [0.25, 0.3) is 0 Å². The van der Waals surface area contributed by atoms with Crippen LogP contribution in [0.5, 0.6) is 0 Å². The van der Waals surface area contributed by atoms with Gasteiger partial charge in [-0.2, -0.15) is 24.1 Å². The van der Waals surface area contributed by atoms with Crippen LogP contribution in [0, 0.1) is 34.3 Å². The number of benzene rings is 4. The average molecular weight is 1230 g/mol. The molecule has 8 rings (SSSR count). The molecule has 0 atom stereocenters. The van der Waals surface area contributed by atoms with Crippen molar-refractivity contribution in [2.75, 3.05) is 109 Å². The van der Waals surface area contributed by atoms with E-state index in [1.54, 1.807) is 30.3 Å². The summed E-state index contributed by atoms with van der Waals surface area (Å²) in [4.78, 5) is 17.7. The molecule has 20 nitrogen and oxygen atoms in total. The summed E-state index contributed by atoms with van der Waals surface area (Å²) in [6.07, 6.45) is 4.80. The number of sulfonamides is 2. The first-order valence-corrected chi connectivity index (χ1v) is 30.0. The van der Waals surface area contributed by atoms with Gasteiger partial charge in [0.05, 0.1) is 73.5 Å². The number of nitrogen functional groups attached to an aromatic ring is 1. The fourth-order valence-corrected chi connectivity index (χ4v) is 12.6. The predicted octanol–water partition coefficient (Wildman–Crippen LogP) is 10.5. The molecule has 0 aliphatic carbocycles. The third-order valence-corrected chi connectivity index (χ3v) is 18.5. The van der Waals surface area contributed by atoms with Crippen molar-refractivity contribution >= 4 is 138 Å². The highest BCUT2D eigenvalue weighted by molar-refractivity contribution is 8.00. The lowest BCUT2D eigenvalue weighted by molar-refractivity contribution is 0.150. The van der Waals surface area contributed by atoms with Gasteiger partial charge in [-0.1, -0.05) is 46.3 Å². The lowest BCUT2D eigenvalue weighted by Gasteiger charge is -2.21. The molecule has 5 N–H and O–H groups in total. The third kappa shape index (κ3) is 16.4. The van der Waals surface area contributed by atoms with Crippen LogP contribution in [0.4, 0.5) is 48.0 Å². The minimum absolute atomic E-state index is 0.0166. The molecule has 4 aromatic carbocycles. The van der Waals surface area contributed by atoms with Gasteiger partial charge in [0.2, 0.25) is 20.0 Å². The summed E-state index contributed by atoms with van der Waals surface area (Å²) in [5.74, 6) is -1.04. The first-order valence-electron chi connectivity index (χ1n) is 23.5. The number of nitrogens with one attached hydrogen (secondary N) is 3. The molecule has 0 amide bonds. The number of pyridine rings is 2. The van der Waals surface area contributed by atoms with Crippen molar-refractivity contribution in [3.8, 4) is 12.1 Å². The van der Waals surface area contributed by atoms with Crippen molar-refractivity contribution in [1.82, 2.24) is 28.5 Å². The Morgan fingerprint density at radius 1 is 0.613 bits per heavy atom. The SMILES string of the molecule is COCCN(CCOC)S(=O)(=O)c1ccc(N)cc1.COCCN(CCOC)S(=O)(=O)c1ccc(Nc2nc3ncc(C#N)c(Nc4ccc(F)c(Cl)c4)c3s2)cc1.CSc1nc2ncc(C#N)c(Nc3ccc(F)c(Cl)c3)c2s1. The molecule has 4 aromatic heterocycles. The van der Waals surface area contributed by atoms with E-state index < -0.39 is 31.7 Å². The molecule has 29 heteroatoms. The van der Waals surface area contributed by atoms with Crippen LogP contribution < -0.4 is 21.7 Å². The van der Waals surface area contributed by atoms with E-state index in [1.807, 2.05) is 6.26 Å². The normalized spacial score (nSPS) is 11.4. The van der Waals surface area contributed by atoms with Crippen molar-refractivity contribution in [2.24, 2.45) is 0 Å². The molecule has 0 spiro atoms. The van der Waals surface area contributed by atoms with Gasteiger partial charge >= 0.3 is 0 Å². The summed E-state index contributed by atoms with van der Waals surface area (Å²) in [5, 5.41) is 28.7. The molecule has 0 unspecified atom stereocenters. The quantitative estimate of drug-likeness (QED) is 0.0342. The molecule has 0 aliphatic heterocycles. The number of thioether (sulfide) groups is 1. The maximum atomic E-state index is 13.6. The van der Waals surface area contributed by atoms with Crippen LogP contribution in [0.1, 0.15) is 11.1 Å². The van der Waals surface area contributed by atoms with Gasteiger partial charge in [0.1, 0.15) is 28.5 Å². The van der Waals surface area contributed by atoms with Gasteiger partial charge in [-0.05, 0) is 91.2 Å². The van der Waals surface area contributed by atoms with Crippen molar-refractivity contribution in [1.29, 1.82) is 10.5 Å². The second-order valence-electron chi connectivity index (χ2n) is 16.3. The fraction of sp³-hybridized carbons (Fsp3) is 0.255. The summed E-state index contributed by atoms with van der Waals surface area (Å²) in [6.45, 7) is 2.15. The molecule has 8 aromatic rings. The van der Waals surface area contributed by atoms with Crippen LogP contribution in [0.3, 0.4) is 0 Å². The smallest absolute Gasteiger partial charge is 0.243 e. The summed E-state index contributed by atoms with van der Waals surface area (Å²) in [5.41, 5.74) is 10.5. The summed E-state index contributed by atoms with van der Waals surface area (Å²) < 4.78 is 103. The molecule has 0 saturated carbocycles. The number of ether oxygens (including phenoxy) is 4. The van der Waals surface area contributed by atoms with Gasteiger partial charge in [-0.3, -0.25) is 0 Å². The van der Waals surface area contributed by atoms with Gasteiger partial charge in [0, 0.05) is 89.8 Å². The second-order valence-corrected chi connectivity index (χ2v) is 24.1. The van der Waals surface area contributed by atoms with E-state index in [-0.39, 0.29) is 64.8 Å². The Balaban J connectivity index is 0.000000212. The fourth-order valence-electron chi connectivity index (χ4n) is 6.97. The number of nitriles is 2. The molecule has 0 aliphatic rings. The third-order valence-electron chi connectivity index (χ3n) is 11.1. The lowest BCUT2D eigenvalue weighted by Crippen LogP contribution is -2.36. The number of rotatable bonds is 23. The van der Waals surface area contributed by atoms with Crippen molar-refractivity contribution in [2.45, 2.75) is 14.1 Å². The minimum Gasteiger partial charge on any atom is -0.399 e. The standard InChI is InChI=1S/C25H24ClFN6O4S2.C14H8ClFN4S2.C12H20N2O4S/c1-36-11-9-33(10-12-37-2)39(34,35)19-6-3-17(4-7-19)31-25-32-24-23(38-25)22(16(14-28)15-29-24)30-18-5-8-21(27)20(26)13-18;1-21-14-20-13-12(22-14)11(7(5-17)6-18-13)19-8-2-3-10(16)9(15)4-8;1-17-9-7-14(8-10-18-2)19(15,16)12-5-3-11(13)4-6-12/h3-8,13,15H,9-12H2,1-2H3,(H2,29,30,31,32);2-4,6H,1H3,(H,18,19);3-6H,7-10,13H2,1-2H3. The Labute approximate surface area is 483 Å². The lowest BCUT2D eigenvalue weighted by atomic mass is 10.2. The number of fused-ring (bicyclic) bond motifs is 2. The Hall–Kier alpha value is -6.41. The molecule has 422 valence electrons. The van der Waals surface area contributed by atoms with Gasteiger partial charge < -0.3 is 40.6 Å². The van der Waals surface area contributed by atoms with Crippen LogP contribution in [0.15, 0.2) is 111 Å². The zero-order valence-electron chi connectivity index (χ0n) is 43.4. The maximum Gasteiger partial charge on any atom is 0.243 e. The molecular formula is C51H52Cl2F2N12O8S5. The monoisotopic (exact) mass is 1230 g/mol. The summed E-state index contributed by atoms with van der Waals surface area (Å²) >= 11 is 15.9. The summed E-state index contributed by atoms with van der Waals surface area (Å²) in [7, 11) is -1.21. The van der Waals surface area contributed by atoms with E-state index >= 15 is 0 Å². The number of nitrogens with two attached hydrogens (primary N) is 1. The molecule has 0 saturated heterocycles. The van der Waals surface area contributed by atoms with Gasteiger partial charge in [-0.15, -0.1) is 11.3 Å². The number of hydrogen-bond acceptors (Lipinski definition) is 21.